The van der Waals surface area contributed by atoms with Crippen LogP contribution in [-0.2, 0) is 19.5 Å². The van der Waals surface area contributed by atoms with Crippen molar-refractivity contribution in [3.63, 3.8) is 0 Å². The van der Waals surface area contributed by atoms with Gasteiger partial charge in [0.25, 0.3) is 5.56 Å². The van der Waals surface area contributed by atoms with Crippen LogP contribution in [0, 0.1) is 5.82 Å². The molecule has 0 atom stereocenters. The molecule has 5 nitrogen and oxygen atoms in total. The van der Waals surface area contributed by atoms with Crippen molar-refractivity contribution >= 4 is 11.6 Å². The lowest BCUT2D eigenvalue weighted by Crippen LogP contribution is -2.35. The lowest BCUT2D eigenvalue weighted by Gasteiger charge is -2.28. The van der Waals surface area contributed by atoms with Crippen molar-refractivity contribution in [2.45, 2.75) is 19.5 Å². The van der Waals surface area contributed by atoms with E-state index in [1.54, 1.807) is 36.4 Å². The summed E-state index contributed by atoms with van der Waals surface area (Å²) in [5.74, 6) is -0.473. The average Bonchev–Trinajstić information content (AvgIpc) is 2.66. The average molecular weight is 386 g/mol. The Morgan fingerprint density at radius 2 is 2.00 bits per heavy atom. The van der Waals surface area contributed by atoms with Crippen molar-refractivity contribution in [2.75, 3.05) is 6.54 Å². The summed E-state index contributed by atoms with van der Waals surface area (Å²) in [6, 6.07) is 11.6. The van der Waals surface area contributed by atoms with E-state index in [2.05, 4.69) is 9.97 Å². The summed E-state index contributed by atoms with van der Waals surface area (Å²) < 4.78 is 13.6. The summed E-state index contributed by atoms with van der Waals surface area (Å²) in [5.41, 5.74) is 2.52. The number of phenolic OH excluding ortho intramolecular Hbond substituents is 1. The molecule has 7 heteroatoms. The molecule has 1 aromatic heterocycles. The summed E-state index contributed by atoms with van der Waals surface area (Å²) in [4.78, 5) is 22.0. The zero-order chi connectivity index (χ0) is 19.0. The number of H-pyrrole nitrogens is 1. The molecule has 0 radical (unpaired) electrons. The number of nitrogens with zero attached hydrogens (tertiary/aromatic N) is 2. The van der Waals surface area contributed by atoms with Crippen LogP contribution in [0.2, 0.25) is 5.02 Å². The predicted molar refractivity (Wildman–Crippen MR) is 101 cm³/mol. The number of para-hydroxylation sites is 1. The summed E-state index contributed by atoms with van der Waals surface area (Å²) in [6.07, 6.45) is 0.550. The molecular formula is C20H17ClFN3O2. The summed E-state index contributed by atoms with van der Waals surface area (Å²) in [5, 5.41) is 10.5. The molecule has 27 heavy (non-hydrogen) atoms. The van der Waals surface area contributed by atoms with Gasteiger partial charge in [-0.25, -0.2) is 9.37 Å². The molecule has 0 spiro atoms. The smallest absolute Gasteiger partial charge is 0.254 e. The quantitative estimate of drug-likeness (QED) is 0.724. The monoisotopic (exact) mass is 385 g/mol. The maximum absolute atomic E-state index is 13.6. The Kier molecular flexibility index (Phi) is 4.68. The molecule has 0 amide bonds. The van der Waals surface area contributed by atoms with E-state index in [1.807, 2.05) is 4.90 Å². The number of aromatic hydroxyl groups is 1. The molecule has 0 saturated heterocycles. The van der Waals surface area contributed by atoms with E-state index >= 15 is 0 Å². The number of phenols is 1. The molecule has 1 aliphatic rings. The highest BCUT2D eigenvalue weighted by atomic mass is 35.5. The predicted octanol–water partition coefficient (Wildman–Crippen LogP) is 3.49. The van der Waals surface area contributed by atoms with Crippen LogP contribution >= 0.6 is 11.6 Å². The first kappa shape index (κ1) is 17.7. The molecule has 0 bridgehead atoms. The molecule has 2 N–H and O–H groups in total. The summed E-state index contributed by atoms with van der Waals surface area (Å²) in [6.45, 7) is 1.47. The number of fused-ring (bicyclic) bond motifs is 1. The lowest BCUT2D eigenvalue weighted by atomic mass is 10.0. The maximum atomic E-state index is 13.6. The first-order valence-electron chi connectivity index (χ1n) is 8.58. The van der Waals surface area contributed by atoms with Gasteiger partial charge in [0.2, 0.25) is 0 Å². The van der Waals surface area contributed by atoms with Gasteiger partial charge in [0.05, 0.1) is 5.69 Å². The van der Waals surface area contributed by atoms with Crippen molar-refractivity contribution < 1.29 is 9.50 Å². The Bertz CT molecular complexity index is 1050. The highest BCUT2D eigenvalue weighted by Crippen LogP contribution is 2.25. The van der Waals surface area contributed by atoms with Crippen LogP contribution < -0.4 is 5.56 Å². The zero-order valence-corrected chi connectivity index (χ0v) is 15.1. The molecule has 138 valence electrons. The first-order valence-corrected chi connectivity index (χ1v) is 8.96. The van der Waals surface area contributed by atoms with Crippen molar-refractivity contribution in [3.8, 4) is 17.1 Å². The van der Waals surface area contributed by atoms with E-state index in [1.165, 1.54) is 6.07 Å². The van der Waals surface area contributed by atoms with Gasteiger partial charge >= 0.3 is 0 Å². The fourth-order valence-corrected chi connectivity index (χ4v) is 3.43. The van der Waals surface area contributed by atoms with Crippen LogP contribution in [0.15, 0.2) is 47.3 Å². The summed E-state index contributed by atoms with van der Waals surface area (Å²) >= 11 is 5.92. The Hall–Kier alpha value is -2.70. The van der Waals surface area contributed by atoms with Crippen LogP contribution in [0.4, 0.5) is 4.39 Å². The van der Waals surface area contributed by atoms with Crippen LogP contribution in [-0.4, -0.2) is 26.5 Å². The van der Waals surface area contributed by atoms with Crippen LogP contribution in [0.3, 0.4) is 0 Å². The van der Waals surface area contributed by atoms with E-state index in [4.69, 9.17) is 11.6 Å². The van der Waals surface area contributed by atoms with Gasteiger partial charge in [-0.05, 0) is 36.8 Å². The fourth-order valence-electron chi connectivity index (χ4n) is 3.30. The molecule has 2 heterocycles. The minimum absolute atomic E-state index is 0.141. The van der Waals surface area contributed by atoms with Gasteiger partial charge in [0, 0.05) is 41.3 Å². The van der Waals surface area contributed by atoms with Gasteiger partial charge < -0.3 is 10.1 Å². The second kappa shape index (κ2) is 7.13. The third-order valence-electron chi connectivity index (χ3n) is 4.73. The molecular weight excluding hydrogens is 369 g/mol. The third-order valence-corrected chi connectivity index (χ3v) is 4.99. The minimum atomic E-state index is -0.635. The first-order chi connectivity index (χ1) is 13.0. The standard InChI is InChI=1S/C20H17ClFN3O2/c21-14-6-4-12(5-7-14)19-23-17-11-25(9-8-15(17)20(27)24-19)10-13-2-1-3-16(22)18(13)26/h1-7,26H,8-11H2,(H,23,24,27). The number of halogens is 2. The van der Waals surface area contributed by atoms with Crippen LogP contribution in [0.5, 0.6) is 5.75 Å². The second-order valence-electron chi connectivity index (χ2n) is 6.55. The van der Waals surface area contributed by atoms with E-state index in [0.29, 0.717) is 53.7 Å². The Morgan fingerprint density at radius 3 is 2.78 bits per heavy atom. The van der Waals surface area contributed by atoms with E-state index < -0.39 is 5.82 Å². The molecule has 0 saturated carbocycles. The Morgan fingerprint density at radius 1 is 1.22 bits per heavy atom. The topological polar surface area (TPSA) is 69.2 Å². The van der Waals surface area contributed by atoms with Crippen molar-refractivity contribution in [1.29, 1.82) is 0 Å². The molecule has 0 unspecified atom stereocenters. The molecule has 4 rings (SSSR count). The molecule has 1 aliphatic heterocycles. The number of hydrogen-bond acceptors (Lipinski definition) is 4. The number of nitrogens with one attached hydrogen (secondary N) is 1. The van der Waals surface area contributed by atoms with E-state index in [0.717, 1.165) is 5.56 Å². The Labute approximate surface area is 160 Å². The SMILES string of the molecule is O=c1[nH]c(-c2ccc(Cl)cc2)nc2c1CCN(Cc1cccc(F)c1O)C2. The van der Waals surface area contributed by atoms with Gasteiger partial charge in [-0.1, -0.05) is 23.7 Å². The number of hydrogen-bond donors (Lipinski definition) is 2. The zero-order valence-electron chi connectivity index (χ0n) is 14.4. The van der Waals surface area contributed by atoms with Crippen molar-refractivity contribution in [3.05, 3.63) is 80.5 Å². The largest absolute Gasteiger partial charge is 0.505 e. The minimum Gasteiger partial charge on any atom is -0.505 e. The molecule has 0 aliphatic carbocycles. The second-order valence-corrected chi connectivity index (χ2v) is 6.99. The fraction of sp³-hybridized carbons (Fsp3) is 0.200. The summed E-state index contributed by atoms with van der Waals surface area (Å²) in [7, 11) is 0. The highest BCUT2D eigenvalue weighted by molar-refractivity contribution is 6.30. The molecule has 2 aromatic carbocycles. The van der Waals surface area contributed by atoms with Crippen LogP contribution in [0.25, 0.3) is 11.4 Å². The van der Waals surface area contributed by atoms with E-state index in [-0.39, 0.29) is 11.3 Å². The number of aromatic amines is 1. The number of aromatic nitrogens is 2. The molecule has 3 aromatic rings. The third kappa shape index (κ3) is 3.59. The normalized spacial score (nSPS) is 14.1. The highest BCUT2D eigenvalue weighted by Gasteiger charge is 2.22. The maximum Gasteiger partial charge on any atom is 0.254 e. The molecule has 0 fully saturated rings. The van der Waals surface area contributed by atoms with Gasteiger partial charge in [0.1, 0.15) is 5.82 Å². The van der Waals surface area contributed by atoms with Crippen LogP contribution in [0.1, 0.15) is 16.8 Å². The van der Waals surface area contributed by atoms with Crippen molar-refractivity contribution in [1.82, 2.24) is 14.9 Å². The Balaban J connectivity index is 1.62. The van der Waals surface area contributed by atoms with Gasteiger partial charge in [0.15, 0.2) is 11.6 Å². The van der Waals surface area contributed by atoms with Gasteiger partial charge in [-0.15, -0.1) is 0 Å². The van der Waals surface area contributed by atoms with E-state index in [9.17, 15) is 14.3 Å². The lowest BCUT2D eigenvalue weighted by molar-refractivity contribution is 0.236. The number of benzene rings is 2. The number of rotatable bonds is 3. The van der Waals surface area contributed by atoms with Crippen molar-refractivity contribution in [2.24, 2.45) is 0 Å². The van der Waals surface area contributed by atoms with Gasteiger partial charge in [-0.3, -0.25) is 9.69 Å². The van der Waals surface area contributed by atoms with Gasteiger partial charge in [-0.2, -0.15) is 0 Å².